The van der Waals surface area contributed by atoms with Gasteiger partial charge in [-0.25, -0.2) is 0 Å². The van der Waals surface area contributed by atoms with Crippen LogP contribution in [0.15, 0.2) is 0 Å². The van der Waals surface area contributed by atoms with Crippen LogP contribution in [0.3, 0.4) is 0 Å². The molecule has 0 radical (unpaired) electrons. The first-order chi connectivity index (χ1) is 5.75. The minimum absolute atomic E-state index is 0.244. The molecule has 0 aromatic heterocycles. The van der Waals surface area contributed by atoms with Crippen molar-refractivity contribution in [2.45, 2.75) is 39.5 Å². The molecular formula is C10H19NO. The van der Waals surface area contributed by atoms with E-state index in [0.29, 0.717) is 5.91 Å². The predicted molar refractivity (Wildman–Crippen MR) is 49.9 cm³/mol. The lowest BCUT2D eigenvalue weighted by Gasteiger charge is -2.19. The molecule has 1 saturated heterocycles. The number of hydrogen-bond donors (Lipinski definition) is 0. The van der Waals surface area contributed by atoms with Gasteiger partial charge in [-0.05, 0) is 19.3 Å². The molecule has 1 aliphatic rings. The molecule has 1 aliphatic heterocycles. The summed E-state index contributed by atoms with van der Waals surface area (Å²) >= 11 is 0. The topological polar surface area (TPSA) is 20.3 Å². The third-order valence-corrected chi connectivity index (χ3v) is 2.56. The van der Waals surface area contributed by atoms with E-state index in [1.165, 1.54) is 12.8 Å². The smallest absolute Gasteiger partial charge is 0.225 e. The van der Waals surface area contributed by atoms with Crippen LogP contribution in [0.25, 0.3) is 0 Å². The lowest BCUT2D eigenvalue weighted by Crippen LogP contribution is -2.32. The van der Waals surface area contributed by atoms with Crippen molar-refractivity contribution in [3.63, 3.8) is 0 Å². The normalized spacial score (nSPS) is 19.7. The van der Waals surface area contributed by atoms with Crippen molar-refractivity contribution in [1.29, 1.82) is 0 Å². The van der Waals surface area contributed by atoms with Gasteiger partial charge in [0.25, 0.3) is 0 Å². The zero-order chi connectivity index (χ0) is 8.97. The Bertz CT molecular complexity index is 150. The van der Waals surface area contributed by atoms with E-state index in [-0.39, 0.29) is 5.92 Å². The second kappa shape index (κ2) is 4.48. The average Bonchev–Trinajstić information content (AvgIpc) is 2.55. The highest BCUT2D eigenvalue weighted by atomic mass is 16.2. The molecule has 2 nitrogen and oxygen atoms in total. The molecule has 0 saturated carbocycles. The van der Waals surface area contributed by atoms with Crippen LogP contribution in [0.2, 0.25) is 0 Å². The maximum absolute atomic E-state index is 11.7. The largest absolute Gasteiger partial charge is 0.342 e. The molecule has 0 aliphatic carbocycles. The molecule has 0 aromatic carbocycles. The van der Waals surface area contributed by atoms with Gasteiger partial charge in [-0.3, -0.25) is 4.79 Å². The molecule has 0 spiro atoms. The van der Waals surface area contributed by atoms with Gasteiger partial charge in [0, 0.05) is 19.0 Å². The Hall–Kier alpha value is -0.530. The maximum atomic E-state index is 11.7. The fraction of sp³-hybridized carbons (Fsp3) is 0.900. The van der Waals surface area contributed by atoms with E-state index >= 15 is 0 Å². The Kier molecular flexibility index (Phi) is 3.57. The van der Waals surface area contributed by atoms with Crippen LogP contribution in [0.1, 0.15) is 39.5 Å². The second-order valence-corrected chi connectivity index (χ2v) is 3.72. The Balaban J connectivity index is 2.34. The summed E-state index contributed by atoms with van der Waals surface area (Å²) in [6, 6.07) is 0. The molecule has 12 heavy (non-hydrogen) atoms. The third kappa shape index (κ3) is 2.23. The Morgan fingerprint density at radius 2 is 2.00 bits per heavy atom. The lowest BCUT2D eigenvalue weighted by molar-refractivity contribution is -0.134. The third-order valence-electron chi connectivity index (χ3n) is 2.56. The zero-order valence-corrected chi connectivity index (χ0v) is 8.18. The molecule has 1 amide bonds. The Labute approximate surface area is 74.9 Å². The summed E-state index contributed by atoms with van der Waals surface area (Å²) < 4.78 is 0. The van der Waals surface area contributed by atoms with Crippen molar-refractivity contribution < 1.29 is 4.79 Å². The average molecular weight is 169 g/mol. The lowest BCUT2D eigenvalue weighted by atomic mass is 10.1. The van der Waals surface area contributed by atoms with E-state index in [4.69, 9.17) is 0 Å². The number of carbonyl (C=O) groups excluding carboxylic acids is 1. The van der Waals surface area contributed by atoms with Gasteiger partial charge in [0.1, 0.15) is 0 Å². The van der Waals surface area contributed by atoms with Gasteiger partial charge in [-0.1, -0.05) is 20.3 Å². The van der Waals surface area contributed by atoms with Gasteiger partial charge in [0.2, 0.25) is 5.91 Å². The van der Waals surface area contributed by atoms with Crippen LogP contribution >= 0.6 is 0 Å². The molecule has 2 heteroatoms. The molecule has 0 bridgehead atoms. The molecule has 70 valence electrons. The molecule has 1 fully saturated rings. The summed E-state index contributed by atoms with van der Waals surface area (Å²) in [5.41, 5.74) is 0. The predicted octanol–water partition coefficient (Wildman–Crippen LogP) is 2.04. The first-order valence-corrected chi connectivity index (χ1v) is 5.04. The van der Waals surface area contributed by atoms with E-state index in [1.54, 1.807) is 0 Å². The van der Waals surface area contributed by atoms with Gasteiger partial charge in [-0.2, -0.15) is 0 Å². The summed E-state index contributed by atoms with van der Waals surface area (Å²) in [6.07, 6.45) is 4.55. The number of likely N-dealkylation sites (tertiary alicyclic amines) is 1. The van der Waals surface area contributed by atoms with Crippen molar-refractivity contribution in [3.05, 3.63) is 0 Å². The summed E-state index contributed by atoms with van der Waals surface area (Å²) in [5.74, 6) is 0.613. The summed E-state index contributed by atoms with van der Waals surface area (Å²) in [4.78, 5) is 13.7. The van der Waals surface area contributed by atoms with E-state index in [0.717, 1.165) is 25.9 Å². The van der Waals surface area contributed by atoms with E-state index in [1.807, 2.05) is 11.8 Å². The zero-order valence-electron chi connectivity index (χ0n) is 8.18. The van der Waals surface area contributed by atoms with Gasteiger partial charge < -0.3 is 4.90 Å². The van der Waals surface area contributed by atoms with Crippen molar-refractivity contribution in [1.82, 2.24) is 4.90 Å². The fourth-order valence-electron chi connectivity index (χ4n) is 1.81. The number of hydrogen-bond acceptors (Lipinski definition) is 1. The standard InChI is InChI=1S/C10H19NO/c1-3-6-9(2)10(12)11-7-4-5-8-11/h9H,3-8H2,1-2H3. The Morgan fingerprint density at radius 3 is 2.50 bits per heavy atom. The van der Waals surface area contributed by atoms with Crippen LogP contribution in [-0.4, -0.2) is 23.9 Å². The Morgan fingerprint density at radius 1 is 1.42 bits per heavy atom. The van der Waals surface area contributed by atoms with Crippen LogP contribution in [-0.2, 0) is 4.79 Å². The highest BCUT2D eigenvalue weighted by Crippen LogP contribution is 2.14. The van der Waals surface area contributed by atoms with Crippen LogP contribution in [0, 0.1) is 5.92 Å². The SMILES string of the molecule is CCCC(C)C(=O)N1CCCC1. The van der Waals surface area contributed by atoms with Crippen molar-refractivity contribution in [2.75, 3.05) is 13.1 Å². The molecular weight excluding hydrogens is 150 g/mol. The maximum Gasteiger partial charge on any atom is 0.225 e. The van der Waals surface area contributed by atoms with E-state index in [9.17, 15) is 4.79 Å². The van der Waals surface area contributed by atoms with Crippen molar-refractivity contribution in [2.24, 2.45) is 5.92 Å². The van der Waals surface area contributed by atoms with Crippen molar-refractivity contribution >= 4 is 5.91 Å². The minimum atomic E-state index is 0.244. The highest BCUT2D eigenvalue weighted by molar-refractivity contribution is 5.78. The number of nitrogens with zero attached hydrogens (tertiary/aromatic N) is 1. The van der Waals surface area contributed by atoms with Gasteiger partial charge >= 0.3 is 0 Å². The van der Waals surface area contributed by atoms with Crippen molar-refractivity contribution in [3.8, 4) is 0 Å². The number of rotatable bonds is 3. The number of amides is 1. The van der Waals surface area contributed by atoms with Crippen LogP contribution in [0.5, 0.6) is 0 Å². The summed E-state index contributed by atoms with van der Waals surface area (Å²) in [7, 11) is 0. The molecule has 0 N–H and O–H groups in total. The van der Waals surface area contributed by atoms with Gasteiger partial charge in [0.05, 0.1) is 0 Å². The first kappa shape index (κ1) is 9.56. The highest BCUT2D eigenvalue weighted by Gasteiger charge is 2.21. The van der Waals surface area contributed by atoms with Gasteiger partial charge in [0.15, 0.2) is 0 Å². The van der Waals surface area contributed by atoms with E-state index in [2.05, 4.69) is 6.92 Å². The monoisotopic (exact) mass is 169 g/mol. The summed E-state index contributed by atoms with van der Waals surface area (Å²) in [6.45, 7) is 6.16. The van der Waals surface area contributed by atoms with Crippen LogP contribution < -0.4 is 0 Å². The molecule has 1 rings (SSSR count). The molecule has 1 atom stereocenters. The first-order valence-electron chi connectivity index (χ1n) is 5.04. The van der Waals surface area contributed by atoms with Crippen LogP contribution in [0.4, 0.5) is 0 Å². The molecule has 1 unspecified atom stereocenters. The molecule has 1 heterocycles. The second-order valence-electron chi connectivity index (χ2n) is 3.72. The number of carbonyl (C=O) groups is 1. The summed E-state index contributed by atoms with van der Waals surface area (Å²) in [5, 5.41) is 0. The van der Waals surface area contributed by atoms with Gasteiger partial charge in [-0.15, -0.1) is 0 Å². The van der Waals surface area contributed by atoms with E-state index < -0.39 is 0 Å². The quantitative estimate of drug-likeness (QED) is 0.633. The minimum Gasteiger partial charge on any atom is -0.342 e. The molecule has 0 aromatic rings. The fourth-order valence-corrected chi connectivity index (χ4v) is 1.81.